The average molecular weight is 403 g/mol. The second-order valence-electron chi connectivity index (χ2n) is 7.13. The first kappa shape index (κ1) is 19.5. The van der Waals surface area contributed by atoms with E-state index in [1.54, 1.807) is 6.92 Å². The van der Waals surface area contributed by atoms with Gasteiger partial charge in [-0.05, 0) is 46.9 Å². The van der Waals surface area contributed by atoms with Crippen molar-refractivity contribution in [2.24, 2.45) is 0 Å². The molecule has 0 spiro atoms. The molecule has 4 rings (SSSR count). The van der Waals surface area contributed by atoms with E-state index in [4.69, 9.17) is 9.47 Å². The Balaban J connectivity index is 1.51. The maximum atomic E-state index is 12.4. The summed E-state index contributed by atoms with van der Waals surface area (Å²) >= 11 is 0. The summed E-state index contributed by atoms with van der Waals surface area (Å²) in [5.74, 6) is -0.760. The minimum atomic E-state index is -0.714. The molecule has 0 aromatic heterocycles. The molecule has 0 radical (unpaired) electrons. The number of aromatic hydroxyl groups is 1. The van der Waals surface area contributed by atoms with Crippen LogP contribution in [0.1, 0.15) is 33.0 Å². The second kappa shape index (κ2) is 7.91. The highest BCUT2D eigenvalue weighted by Gasteiger charge is 2.29. The molecule has 3 aromatic rings. The summed E-state index contributed by atoms with van der Waals surface area (Å²) in [6, 6.07) is 19.0. The van der Waals surface area contributed by atoms with E-state index in [0.717, 1.165) is 22.3 Å². The maximum Gasteiger partial charge on any atom is 0.411 e. The topological polar surface area (TPSA) is 84.9 Å². The number of rotatable bonds is 4. The van der Waals surface area contributed by atoms with E-state index in [9.17, 15) is 14.7 Å². The quantitative estimate of drug-likeness (QED) is 0.481. The van der Waals surface area contributed by atoms with Crippen molar-refractivity contribution in [1.82, 2.24) is 0 Å². The number of phenols is 1. The molecule has 1 amide bonds. The van der Waals surface area contributed by atoms with Crippen LogP contribution in [0.2, 0.25) is 0 Å². The van der Waals surface area contributed by atoms with Crippen LogP contribution in [0.15, 0.2) is 60.7 Å². The minimum absolute atomic E-state index is 0.0695. The molecule has 152 valence electrons. The highest BCUT2D eigenvalue weighted by atomic mass is 16.5. The lowest BCUT2D eigenvalue weighted by Gasteiger charge is -2.15. The van der Waals surface area contributed by atoms with Gasteiger partial charge in [0.15, 0.2) is 0 Å². The number of ether oxygens (including phenoxy) is 2. The van der Waals surface area contributed by atoms with E-state index in [2.05, 4.69) is 17.4 Å². The average Bonchev–Trinajstić information content (AvgIpc) is 3.08. The van der Waals surface area contributed by atoms with E-state index in [1.165, 1.54) is 19.2 Å². The molecule has 0 saturated heterocycles. The number of amides is 1. The van der Waals surface area contributed by atoms with Crippen molar-refractivity contribution >= 4 is 17.7 Å². The van der Waals surface area contributed by atoms with Crippen LogP contribution < -0.4 is 5.32 Å². The molecule has 0 bridgehead atoms. The molecule has 6 nitrogen and oxygen atoms in total. The molecule has 0 heterocycles. The van der Waals surface area contributed by atoms with Gasteiger partial charge in [-0.1, -0.05) is 48.5 Å². The fourth-order valence-corrected chi connectivity index (χ4v) is 3.86. The number of hydrogen-bond donors (Lipinski definition) is 2. The first-order chi connectivity index (χ1) is 14.5. The Labute approximate surface area is 174 Å². The summed E-state index contributed by atoms with van der Waals surface area (Å²) in [5, 5.41) is 12.8. The molecule has 0 aliphatic heterocycles. The Morgan fingerprint density at radius 2 is 1.60 bits per heavy atom. The smallest absolute Gasteiger partial charge is 0.411 e. The van der Waals surface area contributed by atoms with Gasteiger partial charge in [0.1, 0.15) is 12.4 Å². The maximum absolute atomic E-state index is 12.4. The molecule has 0 unspecified atom stereocenters. The molecule has 2 N–H and O–H groups in total. The van der Waals surface area contributed by atoms with Crippen molar-refractivity contribution in [2.75, 3.05) is 19.0 Å². The summed E-state index contributed by atoms with van der Waals surface area (Å²) < 4.78 is 10.2. The van der Waals surface area contributed by atoms with Gasteiger partial charge in [-0.15, -0.1) is 0 Å². The molecular formula is C24H21NO5. The predicted molar refractivity (Wildman–Crippen MR) is 113 cm³/mol. The largest absolute Gasteiger partial charge is 0.505 e. The van der Waals surface area contributed by atoms with Crippen LogP contribution in [-0.4, -0.2) is 30.9 Å². The van der Waals surface area contributed by atoms with E-state index in [1.807, 2.05) is 36.4 Å². The van der Waals surface area contributed by atoms with Gasteiger partial charge in [-0.2, -0.15) is 0 Å². The van der Waals surface area contributed by atoms with Gasteiger partial charge >= 0.3 is 12.1 Å². The lowest BCUT2D eigenvalue weighted by molar-refractivity contribution is 0.0600. The monoisotopic (exact) mass is 403 g/mol. The van der Waals surface area contributed by atoms with Crippen molar-refractivity contribution < 1.29 is 24.2 Å². The molecular weight excluding hydrogens is 382 g/mol. The van der Waals surface area contributed by atoms with Crippen molar-refractivity contribution in [3.63, 3.8) is 0 Å². The van der Waals surface area contributed by atoms with Crippen LogP contribution in [0.3, 0.4) is 0 Å². The SMILES string of the molecule is COC(=O)c1cc(C)c(O)c(NC(=O)OCC2c3ccccc3-c3ccccc32)c1. The predicted octanol–water partition coefficient (Wildman–Crippen LogP) is 4.85. The number of methoxy groups -OCH3 is 1. The van der Waals surface area contributed by atoms with E-state index in [0.29, 0.717) is 5.56 Å². The van der Waals surface area contributed by atoms with E-state index < -0.39 is 12.1 Å². The van der Waals surface area contributed by atoms with Gasteiger partial charge in [-0.3, -0.25) is 5.32 Å². The summed E-state index contributed by atoms with van der Waals surface area (Å²) in [4.78, 5) is 24.2. The Bertz CT molecular complexity index is 1090. The van der Waals surface area contributed by atoms with Gasteiger partial charge in [0.25, 0.3) is 0 Å². The summed E-state index contributed by atoms with van der Waals surface area (Å²) in [7, 11) is 1.27. The van der Waals surface area contributed by atoms with E-state index in [-0.39, 0.29) is 29.5 Å². The number of anilines is 1. The van der Waals surface area contributed by atoms with Crippen molar-refractivity contribution in [2.45, 2.75) is 12.8 Å². The number of carbonyl (C=O) groups is 2. The van der Waals surface area contributed by atoms with Gasteiger partial charge in [0.2, 0.25) is 0 Å². The van der Waals surface area contributed by atoms with Crippen LogP contribution in [-0.2, 0) is 9.47 Å². The number of nitrogens with one attached hydrogen (secondary N) is 1. The van der Waals surface area contributed by atoms with Crippen LogP contribution >= 0.6 is 0 Å². The van der Waals surface area contributed by atoms with Crippen LogP contribution in [0.5, 0.6) is 5.75 Å². The minimum Gasteiger partial charge on any atom is -0.505 e. The molecule has 6 heteroatoms. The number of benzene rings is 3. The molecule has 0 atom stereocenters. The zero-order valence-corrected chi connectivity index (χ0v) is 16.6. The standard InChI is InChI=1S/C24H21NO5/c1-14-11-15(23(27)29-2)12-21(22(14)26)25-24(28)30-13-20-18-9-5-3-7-16(18)17-8-4-6-10-19(17)20/h3-12,20,26H,13H2,1-2H3,(H,25,28). The fourth-order valence-electron chi connectivity index (χ4n) is 3.86. The molecule has 0 saturated carbocycles. The number of esters is 1. The highest BCUT2D eigenvalue weighted by Crippen LogP contribution is 2.44. The first-order valence-electron chi connectivity index (χ1n) is 9.53. The third-order valence-electron chi connectivity index (χ3n) is 5.30. The van der Waals surface area contributed by atoms with Gasteiger partial charge in [0, 0.05) is 5.92 Å². The third kappa shape index (κ3) is 3.48. The Morgan fingerprint density at radius 1 is 1.00 bits per heavy atom. The number of carbonyl (C=O) groups excluding carboxylic acids is 2. The Kier molecular flexibility index (Phi) is 5.14. The second-order valence-corrected chi connectivity index (χ2v) is 7.13. The lowest BCUT2D eigenvalue weighted by Crippen LogP contribution is -2.18. The number of aryl methyl sites for hydroxylation is 1. The first-order valence-corrected chi connectivity index (χ1v) is 9.53. The van der Waals surface area contributed by atoms with Gasteiger partial charge in [0.05, 0.1) is 18.4 Å². The van der Waals surface area contributed by atoms with Crippen molar-refractivity contribution in [3.8, 4) is 16.9 Å². The highest BCUT2D eigenvalue weighted by molar-refractivity contribution is 5.94. The van der Waals surface area contributed by atoms with Crippen molar-refractivity contribution in [1.29, 1.82) is 0 Å². The Morgan fingerprint density at radius 3 is 2.20 bits per heavy atom. The van der Waals surface area contributed by atoms with Crippen LogP contribution in [0, 0.1) is 6.92 Å². The zero-order valence-electron chi connectivity index (χ0n) is 16.6. The summed E-state index contributed by atoms with van der Waals surface area (Å²) in [6.07, 6.45) is -0.714. The zero-order chi connectivity index (χ0) is 21.3. The number of hydrogen-bond acceptors (Lipinski definition) is 5. The summed E-state index contributed by atoms with van der Waals surface area (Å²) in [6.45, 7) is 1.78. The number of phenolic OH excluding ortho intramolecular Hbond substituents is 1. The van der Waals surface area contributed by atoms with Crippen LogP contribution in [0.25, 0.3) is 11.1 Å². The van der Waals surface area contributed by atoms with E-state index >= 15 is 0 Å². The number of fused-ring (bicyclic) bond motifs is 3. The van der Waals surface area contributed by atoms with Gasteiger partial charge < -0.3 is 14.6 Å². The fraction of sp³-hybridized carbons (Fsp3) is 0.167. The van der Waals surface area contributed by atoms with Crippen LogP contribution in [0.4, 0.5) is 10.5 Å². The van der Waals surface area contributed by atoms with Crippen molar-refractivity contribution in [3.05, 3.63) is 82.9 Å². The summed E-state index contributed by atoms with van der Waals surface area (Å²) in [5.41, 5.74) is 5.25. The molecule has 3 aromatic carbocycles. The molecule has 1 aliphatic rings. The third-order valence-corrected chi connectivity index (χ3v) is 5.30. The van der Waals surface area contributed by atoms with Gasteiger partial charge in [-0.25, -0.2) is 9.59 Å². The lowest BCUT2D eigenvalue weighted by atomic mass is 9.98. The molecule has 0 fully saturated rings. The molecule has 1 aliphatic carbocycles. The Hall–Kier alpha value is -3.80. The molecule has 30 heavy (non-hydrogen) atoms. The normalized spacial score (nSPS) is 12.1.